The van der Waals surface area contributed by atoms with E-state index in [1.165, 1.54) is 25.9 Å². The minimum absolute atomic E-state index is 0.127. The maximum atomic E-state index is 12.9. The van der Waals surface area contributed by atoms with Gasteiger partial charge in [0.25, 0.3) is 0 Å². The molecule has 1 N–H and O–H groups in total. The minimum Gasteiger partial charge on any atom is -0.352 e. The summed E-state index contributed by atoms with van der Waals surface area (Å²) in [5.41, 5.74) is 1.14. The molecule has 2 atom stereocenters. The molecule has 4 heteroatoms. The average molecular weight is 313 g/mol. The van der Waals surface area contributed by atoms with Crippen LogP contribution in [-0.2, 0) is 4.79 Å². The van der Waals surface area contributed by atoms with Gasteiger partial charge in [-0.3, -0.25) is 14.6 Å². The monoisotopic (exact) mass is 313 g/mol. The summed E-state index contributed by atoms with van der Waals surface area (Å²) in [6.45, 7) is 4.47. The highest BCUT2D eigenvalue weighted by Crippen LogP contribution is 2.29. The molecule has 2 aliphatic heterocycles. The second-order valence-corrected chi connectivity index (χ2v) is 7.28. The summed E-state index contributed by atoms with van der Waals surface area (Å²) in [7, 11) is 0. The number of fused-ring (bicyclic) bond motifs is 1. The lowest BCUT2D eigenvalue weighted by atomic mass is 10.0. The Morgan fingerprint density at radius 2 is 1.83 bits per heavy atom. The van der Waals surface area contributed by atoms with Crippen molar-refractivity contribution in [1.29, 1.82) is 0 Å². The fraction of sp³-hybridized carbons (Fsp3) is 0.632. The van der Waals surface area contributed by atoms with Crippen LogP contribution in [0, 0.1) is 0 Å². The van der Waals surface area contributed by atoms with E-state index in [1.807, 2.05) is 18.2 Å². The van der Waals surface area contributed by atoms with Crippen LogP contribution in [0.15, 0.2) is 30.3 Å². The lowest BCUT2D eigenvalue weighted by Gasteiger charge is -2.32. The normalized spacial score (nSPS) is 27.2. The Hall–Kier alpha value is -1.39. The molecular formula is C19H27N3O. The third kappa shape index (κ3) is 3.43. The first-order valence-corrected chi connectivity index (χ1v) is 9.15. The number of nitrogens with one attached hydrogen (secondary N) is 1. The smallest absolute Gasteiger partial charge is 0.242 e. The number of carbonyl (C=O) groups is 1. The van der Waals surface area contributed by atoms with Gasteiger partial charge in [-0.1, -0.05) is 30.3 Å². The van der Waals surface area contributed by atoms with Gasteiger partial charge in [0.2, 0.25) is 5.91 Å². The number of hydrogen-bond donors (Lipinski definition) is 1. The highest BCUT2D eigenvalue weighted by atomic mass is 16.2. The van der Waals surface area contributed by atoms with Gasteiger partial charge in [0.15, 0.2) is 0 Å². The zero-order chi connectivity index (χ0) is 15.6. The van der Waals surface area contributed by atoms with Crippen LogP contribution < -0.4 is 5.32 Å². The Morgan fingerprint density at radius 3 is 2.61 bits per heavy atom. The van der Waals surface area contributed by atoms with Gasteiger partial charge in [-0.05, 0) is 50.8 Å². The molecule has 0 bridgehead atoms. The molecule has 4 nitrogen and oxygen atoms in total. The van der Waals surface area contributed by atoms with Crippen molar-refractivity contribution in [2.45, 2.75) is 50.2 Å². The average Bonchev–Trinajstić information content (AvgIpc) is 3.31. The molecule has 1 aromatic carbocycles. The zero-order valence-corrected chi connectivity index (χ0v) is 13.8. The Morgan fingerprint density at radius 1 is 1.04 bits per heavy atom. The summed E-state index contributed by atoms with van der Waals surface area (Å²) in [5, 5.41) is 3.24. The van der Waals surface area contributed by atoms with Crippen molar-refractivity contribution < 1.29 is 4.79 Å². The van der Waals surface area contributed by atoms with Crippen molar-refractivity contribution in [3.05, 3.63) is 35.9 Å². The van der Waals surface area contributed by atoms with Crippen molar-refractivity contribution in [3.8, 4) is 0 Å². The first-order valence-electron chi connectivity index (χ1n) is 9.15. The van der Waals surface area contributed by atoms with Crippen molar-refractivity contribution in [3.63, 3.8) is 0 Å². The predicted molar refractivity (Wildman–Crippen MR) is 91.1 cm³/mol. The number of rotatable bonds is 4. The molecule has 1 amide bonds. The van der Waals surface area contributed by atoms with E-state index in [0.29, 0.717) is 12.1 Å². The van der Waals surface area contributed by atoms with Crippen LogP contribution in [0.3, 0.4) is 0 Å². The summed E-state index contributed by atoms with van der Waals surface area (Å²) < 4.78 is 0. The van der Waals surface area contributed by atoms with Gasteiger partial charge >= 0.3 is 0 Å². The van der Waals surface area contributed by atoms with Crippen LogP contribution in [0.25, 0.3) is 0 Å². The molecule has 2 heterocycles. The van der Waals surface area contributed by atoms with Crippen LogP contribution in [0.2, 0.25) is 0 Å². The number of nitrogens with zero attached hydrogens (tertiary/aromatic N) is 2. The summed E-state index contributed by atoms with van der Waals surface area (Å²) in [6, 6.07) is 11.3. The van der Waals surface area contributed by atoms with Crippen molar-refractivity contribution in [2.24, 2.45) is 0 Å². The van der Waals surface area contributed by atoms with E-state index in [4.69, 9.17) is 0 Å². The maximum Gasteiger partial charge on any atom is 0.242 e. The molecule has 3 aliphatic rings. The third-order valence-electron chi connectivity index (χ3n) is 5.49. The van der Waals surface area contributed by atoms with E-state index in [2.05, 4.69) is 27.2 Å². The van der Waals surface area contributed by atoms with E-state index in [1.54, 1.807) is 0 Å². The van der Waals surface area contributed by atoms with Gasteiger partial charge in [-0.15, -0.1) is 0 Å². The van der Waals surface area contributed by atoms with Crippen molar-refractivity contribution in [2.75, 3.05) is 26.2 Å². The molecule has 0 aromatic heterocycles. The first kappa shape index (κ1) is 15.2. The molecule has 1 aliphatic carbocycles. The van der Waals surface area contributed by atoms with Crippen LogP contribution in [-0.4, -0.2) is 54.0 Å². The fourth-order valence-corrected chi connectivity index (χ4v) is 4.14. The lowest BCUT2D eigenvalue weighted by molar-refractivity contribution is -0.127. The molecule has 0 unspecified atom stereocenters. The number of carbonyl (C=O) groups excluding carboxylic acids is 1. The number of benzene rings is 1. The molecular weight excluding hydrogens is 286 g/mol. The maximum absolute atomic E-state index is 12.9. The van der Waals surface area contributed by atoms with E-state index in [9.17, 15) is 4.79 Å². The molecule has 0 spiro atoms. The zero-order valence-electron chi connectivity index (χ0n) is 13.8. The molecule has 1 aromatic rings. The highest BCUT2D eigenvalue weighted by molar-refractivity contribution is 5.83. The molecule has 0 radical (unpaired) electrons. The molecule has 23 heavy (non-hydrogen) atoms. The van der Waals surface area contributed by atoms with Gasteiger partial charge in [0.1, 0.15) is 6.04 Å². The second-order valence-electron chi connectivity index (χ2n) is 7.28. The highest BCUT2D eigenvalue weighted by Gasteiger charge is 2.36. The second kappa shape index (κ2) is 6.62. The van der Waals surface area contributed by atoms with Crippen LogP contribution in [0.4, 0.5) is 0 Å². The first-order chi connectivity index (χ1) is 11.3. The van der Waals surface area contributed by atoms with Crippen LogP contribution in [0.5, 0.6) is 0 Å². The van der Waals surface area contributed by atoms with E-state index in [0.717, 1.165) is 37.9 Å². The Labute approximate surface area is 138 Å². The van der Waals surface area contributed by atoms with E-state index >= 15 is 0 Å². The van der Waals surface area contributed by atoms with Gasteiger partial charge in [0, 0.05) is 25.2 Å². The summed E-state index contributed by atoms with van der Waals surface area (Å²) in [6.07, 6.45) is 6.04. The fourth-order valence-electron chi connectivity index (χ4n) is 4.14. The summed E-state index contributed by atoms with van der Waals surface area (Å²) >= 11 is 0. The third-order valence-corrected chi connectivity index (χ3v) is 5.49. The number of amides is 1. The SMILES string of the molecule is O=C(NC1CC1)[C@@H](c1ccccc1)N1CCCN2CCC[C@@H]2C1. The number of hydrogen-bond acceptors (Lipinski definition) is 3. The van der Waals surface area contributed by atoms with Crippen molar-refractivity contribution >= 4 is 5.91 Å². The molecule has 124 valence electrons. The lowest BCUT2D eigenvalue weighted by Crippen LogP contribution is -2.45. The molecule has 2 saturated heterocycles. The summed E-state index contributed by atoms with van der Waals surface area (Å²) in [5.74, 6) is 0.199. The standard InChI is InChI=1S/C19H27N3O/c23-19(20-16-9-10-16)18(15-6-2-1-3-7-15)22-13-5-12-21-11-4-8-17(21)14-22/h1-3,6-7,16-18H,4-5,8-14H2,(H,20,23)/t17-,18-/m1/s1. The van der Waals surface area contributed by atoms with Crippen LogP contribution >= 0.6 is 0 Å². The van der Waals surface area contributed by atoms with Gasteiger partial charge < -0.3 is 5.32 Å². The topological polar surface area (TPSA) is 35.6 Å². The molecule has 1 saturated carbocycles. The Bertz CT molecular complexity index is 543. The Balaban J connectivity index is 1.57. The van der Waals surface area contributed by atoms with E-state index in [-0.39, 0.29) is 11.9 Å². The van der Waals surface area contributed by atoms with Gasteiger partial charge in [0.05, 0.1) is 0 Å². The quantitative estimate of drug-likeness (QED) is 0.925. The molecule has 3 fully saturated rings. The van der Waals surface area contributed by atoms with Gasteiger partial charge in [-0.2, -0.15) is 0 Å². The van der Waals surface area contributed by atoms with Crippen molar-refractivity contribution in [1.82, 2.24) is 15.1 Å². The van der Waals surface area contributed by atoms with E-state index < -0.39 is 0 Å². The Kier molecular flexibility index (Phi) is 4.36. The summed E-state index contributed by atoms with van der Waals surface area (Å²) in [4.78, 5) is 18.0. The largest absolute Gasteiger partial charge is 0.352 e. The molecule has 4 rings (SSSR count). The predicted octanol–water partition coefficient (Wildman–Crippen LogP) is 2.18. The minimum atomic E-state index is -0.127. The van der Waals surface area contributed by atoms with Crippen LogP contribution in [0.1, 0.15) is 43.7 Å². The van der Waals surface area contributed by atoms with Gasteiger partial charge in [-0.25, -0.2) is 0 Å².